The van der Waals surface area contributed by atoms with Gasteiger partial charge in [0.15, 0.2) is 0 Å². The summed E-state index contributed by atoms with van der Waals surface area (Å²) < 4.78 is 30.0. The van der Waals surface area contributed by atoms with Gasteiger partial charge in [-0.3, -0.25) is 4.79 Å². The molecule has 3 rings (SSSR count). The van der Waals surface area contributed by atoms with E-state index in [9.17, 15) is 13.6 Å². The van der Waals surface area contributed by atoms with Crippen LogP contribution >= 0.6 is 0 Å². The molecular weight excluding hydrogens is 446 g/mol. The predicted molar refractivity (Wildman–Crippen MR) is 138 cm³/mol. The molecule has 35 heavy (non-hydrogen) atoms. The molecule has 0 atom stereocenters. The maximum Gasteiger partial charge on any atom is 0.254 e. The number of halogens is 2. The van der Waals surface area contributed by atoms with Crippen LogP contribution in [0.3, 0.4) is 0 Å². The van der Waals surface area contributed by atoms with Crippen molar-refractivity contribution < 1.29 is 18.3 Å². The summed E-state index contributed by atoms with van der Waals surface area (Å²) in [5.74, 6) is -0.213. The van der Waals surface area contributed by atoms with Gasteiger partial charge in [0.1, 0.15) is 17.4 Å². The Hall–Kier alpha value is -3.25. The normalized spacial score (nSPS) is 10.3. The van der Waals surface area contributed by atoms with Crippen molar-refractivity contribution in [3.8, 4) is 5.75 Å². The third-order valence-electron chi connectivity index (χ3n) is 5.27. The minimum atomic E-state index is -0.521. The highest BCUT2D eigenvalue weighted by Gasteiger charge is 2.16. The van der Waals surface area contributed by atoms with E-state index in [1.165, 1.54) is 17.7 Å². The minimum absolute atomic E-state index is 0.0300. The van der Waals surface area contributed by atoms with Gasteiger partial charge in [-0.25, -0.2) is 8.78 Å². The van der Waals surface area contributed by atoms with Gasteiger partial charge in [0, 0.05) is 24.7 Å². The highest BCUT2D eigenvalue weighted by Crippen LogP contribution is 2.16. The van der Waals surface area contributed by atoms with Crippen LogP contribution in [0.1, 0.15) is 53.7 Å². The van der Waals surface area contributed by atoms with Crippen molar-refractivity contribution in [2.75, 3.05) is 19.7 Å². The van der Waals surface area contributed by atoms with E-state index < -0.39 is 11.6 Å². The van der Waals surface area contributed by atoms with Crippen molar-refractivity contribution in [1.82, 2.24) is 4.90 Å². The van der Waals surface area contributed by atoms with Crippen LogP contribution in [0.4, 0.5) is 8.78 Å². The maximum atomic E-state index is 13.0. The molecule has 0 aromatic heterocycles. The van der Waals surface area contributed by atoms with Crippen molar-refractivity contribution in [1.29, 1.82) is 0 Å². The first-order chi connectivity index (χ1) is 16.9. The molecule has 0 spiro atoms. The van der Waals surface area contributed by atoms with Crippen LogP contribution in [0.2, 0.25) is 0 Å². The second-order valence-corrected chi connectivity index (χ2v) is 8.36. The molecule has 188 valence electrons. The molecule has 3 aromatic carbocycles. The van der Waals surface area contributed by atoms with Crippen LogP contribution in [-0.2, 0) is 13.0 Å². The molecule has 0 aliphatic carbocycles. The average Bonchev–Trinajstić information content (AvgIpc) is 2.85. The van der Waals surface area contributed by atoms with Crippen LogP contribution in [0, 0.1) is 18.6 Å². The van der Waals surface area contributed by atoms with Gasteiger partial charge in [0.2, 0.25) is 0 Å². The van der Waals surface area contributed by atoms with E-state index in [0.717, 1.165) is 36.6 Å². The Morgan fingerprint density at radius 1 is 0.943 bits per heavy atom. The fourth-order valence-electron chi connectivity index (χ4n) is 3.49. The maximum absolute atomic E-state index is 13.0. The number of benzene rings is 3. The molecule has 0 bridgehead atoms. The molecule has 6 heteroatoms. The number of carbonyl (C=O) groups excluding carboxylic acids is 1. The number of ether oxygens (including phenoxy) is 1. The van der Waals surface area contributed by atoms with Gasteiger partial charge in [0.05, 0.1) is 6.61 Å². The van der Waals surface area contributed by atoms with Gasteiger partial charge in [0.25, 0.3) is 5.91 Å². The predicted octanol–water partition coefficient (Wildman–Crippen LogP) is 6.30. The highest BCUT2D eigenvalue weighted by atomic mass is 19.1. The first-order valence-electron chi connectivity index (χ1n) is 12.1. The van der Waals surface area contributed by atoms with Crippen LogP contribution in [0.15, 0.2) is 66.7 Å². The zero-order chi connectivity index (χ0) is 25.6. The zero-order valence-electron chi connectivity index (χ0n) is 20.9. The van der Waals surface area contributed by atoms with Crippen molar-refractivity contribution in [2.24, 2.45) is 5.73 Å². The summed E-state index contributed by atoms with van der Waals surface area (Å²) in [6.45, 7) is 8.36. The Morgan fingerprint density at radius 2 is 1.60 bits per heavy atom. The standard InChI is InChI=1S/C22H30N2O2.C7H6F2/c1-3-15-26-21-11-9-20(10-12-21)22(25)24(14-6-13-23)17-19-8-5-7-18(4-2)16-19;1-5-2-6(8)4-7(9)3-5/h5,7-12,16H,3-4,6,13-15,17,23H2,1-2H3;2-4H,1H3. The van der Waals surface area contributed by atoms with Crippen molar-refractivity contribution in [3.63, 3.8) is 0 Å². The van der Waals surface area contributed by atoms with E-state index >= 15 is 0 Å². The number of nitrogens with zero attached hydrogens (tertiary/aromatic N) is 1. The first kappa shape index (κ1) is 28.0. The topological polar surface area (TPSA) is 55.6 Å². The van der Waals surface area contributed by atoms with E-state index in [-0.39, 0.29) is 5.91 Å². The molecule has 0 unspecified atom stereocenters. The summed E-state index contributed by atoms with van der Waals surface area (Å²) in [6, 6.07) is 19.2. The molecule has 0 saturated heterocycles. The summed E-state index contributed by atoms with van der Waals surface area (Å²) in [6.07, 6.45) is 2.74. The average molecular weight is 483 g/mol. The summed E-state index contributed by atoms with van der Waals surface area (Å²) in [7, 11) is 0. The van der Waals surface area contributed by atoms with Crippen LogP contribution < -0.4 is 10.5 Å². The lowest BCUT2D eigenvalue weighted by atomic mass is 10.1. The Morgan fingerprint density at radius 3 is 2.17 bits per heavy atom. The molecule has 3 aromatic rings. The van der Waals surface area contributed by atoms with Crippen LogP contribution in [0.5, 0.6) is 5.75 Å². The number of nitrogens with two attached hydrogens (primary N) is 1. The second kappa shape index (κ2) is 14.9. The lowest BCUT2D eigenvalue weighted by molar-refractivity contribution is 0.0742. The fraction of sp³-hybridized carbons (Fsp3) is 0.345. The van der Waals surface area contributed by atoms with Gasteiger partial charge in [-0.1, -0.05) is 38.1 Å². The molecule has 0 heterocycles. The summed E-state index contributed by atoms with van der Waals surface area (Å²) in [4.78, 5) is 14.9. The number of aryl methyl sites for hydroxylation is 2. The molecule has 0 aliphatic heterocycles. The molecule has 1 amide bonds. The number of amides is 1. The van der Waals surface area contributed by atoms with Gasteiger partial charge in [-0.15, -0.1) is 0 Å². The minimum Gasteiger partial charge on any atom is -0.494 e. The van der Waals surface area contributed by atoms with Crippen LogP contribution in [-0.4, -0.2) is 30.5 Å². The monoisotopic (exact) mass is 482 g/mol. The summed E-state index contributed by atoms with van der Waals surface area (Å²) >= 11 is 0. The number of rotatable bonds is 10. The molecule has 0 fully saturated rings. The van der Waals surface area contributed by atoms with Gasteiger partial charge in [-0.05, 0) is 85.8 Å². The Bertz CT molecular complexity index is 1000. The lowest BCUT2D eigenvalue weighted by Gasteiger charge is -2.23. The quantitative estimate of drug-likeness (QED) is 0.369. The van der Waals surface area contributed by atoms with Gasteiger partial charge < -0.3 is 15.4 Å². The Kier molecular flexibility index (Phi) is 11.9. The van der Waals surface area contributed by atoms with Crippen molar-refractivity contribution in [2.45, 2.75) is 46.6 Å². The van der Waals surface area contributed by atoms with Gasteiger partial charge >= 0.3 is 0 Å². The Labute approximate surface area is 207 Å². The number of hydrogen-bond acceptors (Lipinski definition) is 3. The van der Waals surface area contributed by atoms with Crippen molar-refractivity contribution in [3.05, 3.63) is 101 Å². The molecule has 0 saturated carbocycles. The molecule has 0 radical (unpaired) electrons. The lowest BCUT2D eigenvalue weighted by Crippen LogP contribution is -2.32. The van der Waals surface area contributed by atoms with Crippen molar-refractivity contribution >= 4 is 5.91 Å². The zero-order valence-corrected chi connectivity index (χ0v) is 20.9. The summed E-state index contributed by atoms with van der Waals surface area (Å²) in [5, 5.41) is 0. The largest absolute Gasteiger partial charge is 0.494 e. The molecule has 4 nitrogen and oxygen atoms in total. The van der Waals surface area contributed by atoms with Crippen LogP contribution in [0.25, 0.3) is 0 Å². The highest BCUT2D eigenvalue weighted by molar-refractivity contribution is 5.94. The smallest absolute Gasteiger partial charge is 0.254 e. The third-order valence-corrected chi connectivity index (χ3v) is 5.27. The fourth-order valence-corrected chi connectivity index (χ4v) is 3.49. The molecule has 0 aliphatic rings. The van der Waals surface area contributed by atoms with E-state index in [4.69, 9.17) is 10.5 Å². The number of hydrogen-bond donors (Lipinski definition) is 1. The summed E-state index contributed by atoms with van der Waals surface area (Å²) in [5.41, 5.74) is 9.38. The van der Waals surface area contributed by atoms with E-state index in [0.29, 0.717) is 37.4 Å². The molecule has 2 N–H and O–H groups in total. The second-order valence-electron chi connectivity index (χ2n) is 8.36. The number of carbonyl (C=O) groups is 1. The van der Waals surface area contributed by atoms with E-state index in [2.05, 4.69) is 38.1 Å². The molecular formula is C29H36F2N2O2. The third kappa shape index (κ3) is 9.87. The van der Waals surface area contributed by atoms with E-state index in [1.54, 1.807) is 6.92 Å². The van der Waals surface area contributed by atoms with Gasteiger partial charge in [-0.2, -0.15) is 0 Å². The Balaban J connectivity index is 0.000000402. The van der Waals surface area contributed by atoms with E-state index in [1.807, 2.05) is 29.2 Å². The SMILES string of the molecule is CCCOc1ccc(C(=O)N(CCCN)Cc2cccc(CC)c2)cc1.Cc1cc(F)cc(F)c1. The first-order valence-corrected chi connectivity index (χ1v) is 12.1.